The molecule has 0 fully saturated rings. The highest BCUT2D eigenvalue weighted by atomic mass is 35.5. The first kappa shape index (κ1) is 15.1. The monoisotopic (exact) mass is 310 g/mol. The lowest BCUT2D eigenvalue weighted by molar-refractivity contribution is 0.312. The molecule has 8 heteroatoms. The quantitative estimate of drug-likeness (QED) is 0.878. The highest BCUT2D eigenvalue weighted by Gasteiger charge is 2.10. The van der Waals surface area contributed by atoms with Gasteiger partial charge in [0.2, 0.25) is 11.2 Å². The standard InChI is InChI=1S/C13H15ClN4O3/c1-4-21-13-17-11(14)16-12(18-13)15-9-6-5-8(19-2)7-10(9)20-3/h5-7H,4H2,1-3H3,(H,15,16,17,18). The summed E-state index contributed by atoms with van der Waals surface area (Å²) in [7, 11) is 3.15. The molecule has 0 amide bonds. The molecular weight excluding hydrogens is 296 g/mol. The van der Waals surface area contributed by atoms with Crippen molar-refractivity contribution in [2.75, 3.05) is 26.1 Å². The van der Waals surface area contributed by atoms with Crippen LogP contribution in [0.15, 0.2) is 18.2 Å². The molecule has 0 saturated carbocycles. The van der Waals surface area contributed by atoms with E-state index in [1.54, 1.807) is 32.4 Å². The average Bonchev–Trinajstić information content (AvgIpc) is 2.47. The molecule has 0 radical (unpaired) electrons. The van der Waals surface area contributed by atoms with Gasteiger partial charge < -0.3 is 19.5 Å². The van der Waals surface area contributed by atoms with Crippen LogP contribution in [0.5, 0.6) is 17.5 Å². The van der Waals surface area contributed by atoms with E-state index in [0.717, 1.165) is 0 Å². The van der Waals surface area contributed by atoms with Gasteiger partial charge in [0.25, 0.3) is 0 Å². The predicted molar refractivity (Wildman–Crippen MR) is 78.8 cm³/mol. The van der Waals surface area contributed by atoms with Gasteiger partial charge in [-0.1, -0.05) is 0 Å². The van der Waals surface area contributed by atoms with Gasteiger partial charge in [0.15, 0.2) is 0 Å². The maximum absolute atomic E-state index is 5.84. The summed E-state index contributed by atoms with van der Waals surface area (Å²) < 4.78 is 15.7. The predicted octanol–water partition coefficient (Wildman–Crippen LogP) is 2.68. The zero-order valence-electron chi connectivity index (χ0n) is 11.9. The molecule has 1 aromatic heterocycles. The van der Waals surface area contributed by atoms with E-state index in [1.165, 1.54) is 0 Å². The highest BCUT2D eigenvalue weighted by molar-refractivity contribution is 6.28. The van der Waals surface area contributed by atoms with Crippen LogP contribution in [0, 0.1) is 0 Å². The van der Waals surface area contributed by atoms with E-state index in [2.05, 4.69) is 20.3 Å². The Balaban J connectivity index is 2.29. The molecule has 0 saturated heterocycles. The minimum Gasteiger partial charge on any atom is -0.497 e. The van der Waals surface area contributed by atoms with E-state index >= 15 is 0 Å². The molecule has 0 atom stereocenters. The number of anilines is 2. The summed E-state index contributed by atoms with van der Waals surface area (Å²) in [5.41, 5.74) is 0.669. The molecule has 2 rings (SSSR count). The Morgan fingerprint density at radius 2 is 1.95 bits per heavy atom. The molecule has 1 aromatic carbocycles. The summed E-state index contributed by atoms with van der Waals surface area (Å²) in [5, 5.41) is 3.05. The molecule has 21 heavy (non-hydrogen) atoms. The van der Waals surface area contributed by atoms with Gasteiger partial charge in [-0.25, -0.2) is 0 Å². The van der Waals surface area contributed by atoms with Crippen LogP contribution in [0.3, 0.4) is 0 Å². The molecule has 112 valence electrons. The van der Waals surface area contributed by atoms with Crippen LogP contribution in [0.1, 0.15) is 6.92 Å². The van der Waals surface area contributed by atoms with Crippen molar-refractivity contribution in [2.24, 2.45) is 0 Å². The summed E-state index contributed by atoms with van der Waals surface area (Å²) in [5.74, 6) is 1.53. The number of methoxy groups -OCH3 is 2. The molecule has 0 aliphatic carbocycles. The minimum atomic E-state index is 0.0448. The molecule has 1 N–H and O–H groups in total. The third kappa shape index (κ3) is 3.85. The fourth-order valence-electron chi connectivity index (χ4n) is 1.60. The zero-order chi connectivity index (χ0) is 15.2. The summed E-state index contributed by atoms with van der Waals surface area (Å²) in [6, 6.07) is 5.48. The van der Waals surface area contributed by atoms with Gasteiger partial charge >= 0.3 is 6.01 Å². The minimum absolute atomic E-state index is 0.0448. The first-order valence-electron chi connectivity index (χ1n) is 6.19. The summed E-state index contributed by atoms with van der Waals surface area (Å²) in [6.45, 7) is 2.27. The van der Waals surface area contributed by atoms with E-state index in [0.29, 0.717) is 23.8 Å². The van der Waals surface area contributed by atoms with E-state index in [1.807, 2.05) is 6.92 Å². The van der Waals surface area contributed by atoms with E-state index in [4.69, 9.17) is 25.8 Å². The Morgan fingerprint density at radius 3 is 2.62 bits per heavy atom. The van der Waals surface area contributed by atoms with Crippen molar-refractivity contribution >= 4 is 23.2 Å². The lowest BCUT2D eigenvalue weighted by atomic mass is 10.2. The average molecular weight is 311 g/mol. The Hall–Kier alpha value is -2.28. The maximum Gasteiger partial charge on any atom is 0.322 e. The van der Waals surface area contributed by atoms with Gasteiger partial charge in [-0.15, -0.1) is 0 Å². The molecule has 2 aromatic rings. The Kier molecular flexibility index (Phi) is 4.99. The molecule has 1 heterocycles. The lowest BCUT2D eigenvalue weighted by Gasteiger charge is -2.12. The van der Waals surface area contributed by atoms with E-state index in [9.17, 15) is 0 Å². The van der Waals surface area contributed by atoms with Crippen LogP contribution in [-0.2, 0) is 0 Å². The second-order valence-corrected chi connectivity index (χ2v) is 4.17. The van der Waals surface area contributed by atoms with Crippen LogP contribution in [-0.4, -0.2) is 35.8 Å². The van der Waals surface area contributed by atoms with Gasteiger partial charge in [-0.2, -0.15) is 15.0 Å². The summed E-state index contributed by atoms with van der Waals surface area (Å²) in [4.78, 5) is 12.0. The van der Waals surface area contributed by atoms with Gasteiger partial charge in [-0.3, -0.25) is 0 Å². The number of rotatable bonds is 6. The molecular formula is C13H15ClN4O3. The number of ether oxygens (including phenoxy) is 3. The van der Waals surface area contributed by atoms with Crippen molar-refractivity contribution in [1.29, 1.82) is 0 Å². The second-order valence-electron chi connectivity index (χ2n) is 3.83. The maximum atomic E-state index is 5.84. The molecule has 0 bridgehead atoms. The van der Waals surface area contributed by atoms with Crippen molar-refractivity contribution in [3.63, 3.8) is 0 Å². The van der Waals surface area contributed by atoms with Crippen LogP contribution in [0.4, 0.5) is 11.6 Å². The van der Waals surface area contributed by atoms with Crippen molar-refractivity contribution in [3.8, 4) is 17.5 Å². The SMILES string of the molecule is CCOc1nc(Cl)nc(Nc2ccc(OC)cc2OC)n1. The first-order valence-corrected chi connectivity index (χ1v) is 6.57. The number of aromatic nitrogens is 3. The summed E-state index contributed by atoms with van der Waals surface area (Å²) in [6.07, 6.45) is 0. The fraction of sp³-hybridized carbons (Fsp3) is 0.308. The molecule has 7 nitrogen and oxygen atoms in total. The molecule has 0 unspecified atom stereocenters. The largest absolute Gasteiger partial charge is 0.497 e. The fourth-order valence-corrected chi connectivity index (χ4v) is 1.76. The lowest BCUT2D eigenvalue weighted by Crippen LogP contribution is -2.04. The number of benzene rings is 1. The summed E-state index contributed by atoms with van der Waals surface area (Å²) >= 11 is 5.84. The Bertz CT molecular complexity index is 624. The van der Waals surface area contributed by atoms with Crippen LogP contribution in [0.2, 0.25) is 5.28 Å². The third-order valence-electron chi connectivity index (χ3n) is 2.52. The van der Waals surface area contributed by atoms with Crippen molar-refractivity contribution in [3.05, 3.63) is 23.5 Å². The first-order chi connectivity index (χ1) is 10.2. The number of nitrogens with one attached hydrogen (secondary N) is 1. The number of hydrogen-bond donors (Lipinski definition) is 1. The van der Waals surface area contributed by atoms with Crippen LogP contribution in [0.25, 0.3) is 0 Å². The van der Waals surface area contributed by atoms with Crippen molar-refractivity contribution < 1.29 is 14.2 Å². The van der Waals surface area contributed by atoms with Crippen LogP contribution < -0.4 is 19.5 Å². The van der Waals surface area contributed by atoms with Crippen molar-refractivity contribution in [2.45, 2.75) is 6.92 Å². The third-order valence-corrected chi connectivity index (χ3v) is 2.69. The topological polar surface area (TPSA) is 78.4 Å². The number of hydrogen-bond acceptors (Lipinski definition) is 7. The molecule has 0 aliphatic rings. The van der Waals surface area contributed by atoms with Crippen molar-refractivity contribution in [1.82, 2.24) is 15.0 Å². The van der Waals surface area contributed by atoms with Gasteiger partial charge in [0.05, 0.1) is 26.5 Å². The van der Waals surface area contributed by atoms with Gasteiger partial charge in [0, 0.05) is 6.07 Å². The van der Waals surface area contributed by atoms with Gasteiger partial charge in [-0.05, 0) is 30.7 Å². The molecule has 0 aliphatic heterocycles. The second kappa shape index (κ2) is 6.94. The number of nitrogens with zero attached hydrogens (tertiary/aromatic N) is 3. The van der Waals surface area contributed by atoms with E-state index < -0.39 is 0 Å². The van der Waals surface area contributed by atoms with E-state index in [-0.39, 0.29) is 17.2 Å². The zero-order valence-corrected chi connectivity index (χ0v) is 12.6. The van der Waals surface area contributed by atoms with Crippen LogP contribution >= 0.6 is 11.6 Å². The smallest absolute Gasteiger partial charge is 0.322 e. The normalized spacial score (nSPS) is 10.1. The molecule has 0 spiro atoms. The van der Waals surface area contributed by atoms with Gasteiger partial charge in [0.1, 0.15) is 11.5 Å². The number of halogens is 1. The highest BCUT2D eigenvalue weighted by Crippen LogP contribution is 2.30. The Morgan fingerprint density at radius 1 is 1.14 bits per heavy atom. The Labute approximate surface area is 127 Å².